The van der Waals surface area contributed by atoms with E-state index in [2.05, 4.69) is 4.98 Å². The average molecular weight is 301 g/mol. The summed E-state index contributed by atoms with van der Waals surface area (Å²) >= 11 is 5.92. The van der Waals surface area contributed by atoms with Crippen LogP contribution >= 0.6 is 11.6 Å². The molecule has 2 fully saturated rings. The third kappa shape index (κ3) is 2.28. The third-order valence-corrected chi connectivity index (χ3v) is 6.70. The van der Waals surface area contributed by atoms with Gasteiger partial charge in [0.05, 0.1) is 0 Å². The van der Waals surface area contributed by atoms with E-state index in [9.17, 15) is 8.42 Å². The van der Waals surface area contributed by atoms with Gasteiger partial charge in [0.25, 0.3) is 0 Å². The molecule has 0 amide bonds. The number of sulfonamides is 1. The first-order valence-electron chi connectivity index (χ1n) is 6.64. The van der Waals surface area contributed by atoms with Gasteiger partial charge in [0.2, 0.25) is 10.0 Å². The summed E-state index contributed by atoms with van der Waals surface area (Å²) in [5.74, 6) is 0. The van der Waals surface area contributed by atoms with Crippen LogP contribution in [-0.2, 0) is 10.0 Å². The molecule has 0 N–H and O–H groups in total. The molecule has 1 aliphatic heterocycles. The molecule has 4 nitrogen and oxygen atoms in total. The van der Waals surface area contributed by atoms with Crippen molar-refractivity contribution in [3.8, 4) is 0 Å². The molecule has 1 aromatic heterocycles. The Morgan fingerprint density at radius 2 is 2.00 bits per heavy atom. The van der Waals surface area contributed by atoms with Gasteiger partial charge in [-0.25, -0.2) is 13.4 Å². The normalized spacial score (nSPS) is 23.2. The molecule has 3 rings (SSSR count). The Kier molecular flexibility index (Phi) is 3.31. The number of pyridine rings is 1. The van der Waals surface area contributed by atoms with Crippen LogP contribution in [0.15, 0.2) is 23.2 Å². The van der Waals surface area contributed by atoms with Crippen LogP contribution in [0.2, 0.25) is 5.15 Å². The predicted octanol–water partition coefficient (Wildman–Crippen LogP) is 2.69. The van der Waals surface area contributed by atoms with Gasteiger partial charge in [-0.3, -0.25) is 0 Å². The molecule has 0 radical (unpaired) electrons. The van der Waals surface area contributed by atoms with Gasteiger partial charge in [-0.1, -0.05) is 24.4 Å². The fraction of sp³-hybridized carbons (Fsp3) is 0.615. The summed E-state index contributed by atoms with van der Waals surface area (Å²) in [5.41, 5.74) is 0.224. The number of halogens is 1. The maximum Gasteiger partial charge on any atom is 0.246 e. The number of aromatic nitrogens is 1. The van der Waals surface area contributed by atoms with Gasteiger partial charge in [-0.05, 0) is 36.8 Å². The van der Waals surface area contributed by atoms with E-state index in [0.29, 0.717) is 13.1 Å². The Labute approximate surface area is 118 Å². The zero-order chi connectivity index (χ0) is 13.5. The summed E-state index contributed by atoms with van der Waals surface area (Å²) in [5, 5.41) is 0.0647. The largest absolute Gasteiger partial charge is 0.246 e. The predicted molar refractivity (Wildman–Crippen MR) is 73.5 cm³/mol. The zero-order valence-electron chi connectivity index (χ0n) is 10.7. The Hall–Kier alpha value is -0.650. The van der Waals surface area contributed by atoms with Crippen molar-refractivity contribution < 1.29 is 8.42 Å². The minimum atomic E-state index is -3.49. The quantitative estimate of drug-likeness (QED) is 0.789. The van der Waals surface area contributed by atoms with Crippen molar-refractivity contribution in [1.29, 1.82) is 0 Å². The van der Waals surface area contributed by atoms with Crippen LogP contribution in [0, 0.1) is 5.41 Å². The lowest BCUT2D eigenvalue weighted by Gasteiger charge is -2.23. The Morgan fingerprint density at radius 1 is 1.26 bits per heavy atom. The summed E-state index contributed by atoms with van der Waals surface area (Å²) in [6, 6.07) is 3.14. The van der Waals surface area contributed by atoms with E-state index in [1.165, 1.54) is 25.1 Å². The Morgan fingerprint density at radius 3 is 2.68 bits per heavy atom. The lowest BCUT2D eigenvalue weighted by Crippen LogP contribution is -2.31. The summed E-state index contributed by atoms with van der Waals surface area (Å²) in [6.45, 7) is 1.24. The molecule has 1 aromatic rings. The molecule has 0 aromatic carbocycles. The molecule has 1 saturated heterocycles. The standard InChI is InChI=1S/C13H17ClN2O2S/c14-12-11(4-3-8-15-12)19(17,18)16-9-7-13(10-16)5-1-2-6-13/h3-4,8H,1-2,5-7,9-10H2. The molecule has 1 spiro atoms. The summed E-state index contributed by atoms with van der Waals surface area (Å²) < 4.78 is 26.8. The van der Waals surface area contributed by atoms with Crippen molar-refractivity contribution in [3.63, 3.8) is 0 Å². The van der Waals surface area contributed by atoms with Crippen molar-refractivity contribution in [2.24, 2.45) is 5.41 Å². The highest BCUT2D eigenvalue weighted by Crippen LogP contribution is 2.46. The van der Waals surface area contributed by atoms with E-state index in [-0.39, 0.29) is 15.5 Å². The summed E-state index contributed by atoms with van der Waals surface area (Å²) in [7, 11) is -3.49. The fourth-order valence-electron chi connectivity index (χ4n) is 3.34. The van der Waals surface area contributed by atoms with Crippen LogP contribution in [0.25, 0.3) is 0 Å². The molecule has 1 aliphatic carbocycles. The van der Waals surface area contributed by atoms with E-state index in [4.69, 9.17) is 11.6 Å². The Balaban J connectivity index is 1.88. The topological polar surface area (TPSA) is 50.3 Å². The van der Waals surface area contributed by atoms with E-state index in [0.717, 1.165) is 19.3 Å². The molecule has 2 aliphatic rings. The van der Waals surface area contributed by atoms with Crippen LogP contribution in [0.4, 0.5) is 0 Å². The van der Waals surface area contributed by atoms with Crippen molar-refractivity contribution in [2.75, 3.05) is 13.1 Å². The van der Waals surface area contributed by atoms with Gasteiger partial charge in [0.15, 0.2) is 0 Å². The number of nitrogens with zero attached hydrogens (tertiary/aromatic N) is 2. The average Bonchev–Trinajstić information content (AvgIpc) is 3.01. The minimum Gasteiger partial charge on any atom is -0.243 e. The SMILES string of the molecule is O=S(=O)(c1cccnc1Cl)N1CCC2(CCCC2)C1. The molecule has 104 valence electrons. The molecule has 1 saturated carbocycles. The van der Waals surface area contributed by atoms with Crippen molar-refractivity contribution in [2.45, 2.75) is 37.0 Å². The maximum atomic E-state index is 12.6. The van der Waals surface area contributed by atoms with E-state index in [1.54, 1.807) is 10.4 Å². The summed E-state index contributed by atoms with van der Waals surface area (Å²) in [6.07, 6.45) is 7.23. The lowest BCUT2D eigenvalue weighted by atomic mass is 9.86. The first-order valence-corrected chi connectivity index (χ1v) is 8.46. The number of hydrogen-bond donors (Lipinski definition) is 0. The van der Waals surface area contributed by atoms with Crippen LogP contribution < -0.4 is 0 Å². The van der Waals surface area contributed by atoms with Crippen LogP contribution in [-0.4, -0.2) is 30.8 Å². The van der Waals surface area contributed by atoms with Crippen molar-refractivity contribution in [3.05, 3.63) is 23.5 Å². The second-order valence-electron chi connectivity index (χ2n) is 5.59. The second-order valence-corrected chi connectivity index (χ2v) is 7.85. The highest BCUT2D eigenvalue weighted by Gasteiger charge is 2.44. The second kappa shape index (κ2) is 4.72. The van der Waals surface area contributed by atoms with Crippen molar-refractivity contribution >= 4 is 21.6 Å². The van der Waals surface area contributed by atoms with Gasteiger partial charge >= 0.3 is 0 Å². The van der Waals surface area contributed by atoms with E-state index in [1.807, 2.05) is 0 Å². The van der Waals surface area contributed by atoms with Crippen LogP contribution in [0.1, 0.15) is 32.1 Å². The highest BCUT2D eigenvalue weighted by molar-refractivity contribution is 7.89. The smallest absolute Gasteiger partial charge is 0.243 e. The zero-order valence-corrected chi connectivity index (χ0v) is 12.3. The Bertz CT molecular complexity index is 582. The molecular formula is C13H17ClN2O2S. The van der Waals surface area contributed by atoms with Gasteiger partial charge in [0, 0.05) is 19.3 Å². The van der Waals surface area contributed by atoms with Crippen LogP contribution in [0.5, 0.6) is 0 Å². The number of rotatable bonds is 2. The first kappa shape index (κ1) is 13.3. The molecule has 2 heterocycles. The van der Waals surface area contributed by atoms with E-state index < -0.39 is 10.0 Å². The maximum absolute atomic E-state index is 12.6. The molecule has 19 heavy (non-hydrogen) atoms. The summed E-state index contributed by atoms with van der Waals surface area (Å²) in [4.78, 5) is 4.00. The molecule has 0 unspecified atom stereocenters. The molecular weight excluding hydrogens is 284 g/mol. The van der Waals surface area contributed by atoms with E-state index >= 15 is 0 Å². The highest BCUT2D eigenvalue weighted by atomic mass is 35.5. The van der Waals surface area contributed by atoms with Gasteiger partial charge < -0.3 is 0 Å². The lowest BCUT2D eigenvalue weighted by molar-refractivity contribution is 0.313. The van der Waals surface area contributed by atoms with Crippen LogP contribution in [0.3, 0.4) is 0 Å². The fourth-order valence-corrected chi connectivity index (χ4v) is 5.32. The molecule has 6 heteroatoms. The van der Waals surface area contributed by atoms with Gasteiger partial charge in [-0.2, -0.15) is 4.31 Å². The first-order chi connectivity index (χ1) is 9.04. The number of hydrogen-bond acceptors (Lipinski definition) is 3. The molecule has 0 atom stereocenters. The molecule has 0 bridgehead atoms. The third-order valence-electron chi connectivity index (χ3n) is 4.41. The monoisotopic (exact) mass is 300 g/mol. The van der Waals surface area contributed by atoms with Gasteiger partial charge in [0.1, 0.15) is 10.0 Å². The minimum absolute atomic E-state index is 0.0647. The van der Waals surface area contributed by atoms with Crippen molar-refractivity contribution in [1.82, 2.24) is 9.29 Å². The van der Waals surface area contributed by atoms with Gasteiger partial charge in [-0.15, -0.1) is 0 Å².